The number of nitrogens with zero attached hydrogens (tertiary/aromatic N) is 2. The van der Waals surface area contributed by atoms with Gasteiger partial charge >= 0.3 is 0 Å². The molecule has 0 bridgehead atoms. The second-order valence-electron chi connectivity index (χ2n) is 5.51. The molecule has 106 valence electrons. The summed E-state index contributed by atoms with van der Waals surface area (Å²) in [6, 6.07) is 0. The molecule has 19 heavy (non-hydrogen) atoms. The topological polar surface area (TPSA) is 64.1 Å². The molecular formula is C13H21N3O2S. The van der Waals surface area contributed by atoms with Gasteiger partial charge in [0.1, 0.15) is 11.1 Å². The third kappa shape index (κ3) is 4.87. The Hall–Kier alpha value is -1.01. The van der Waals surface area contributed by atoms with Crippen LogP contribution in [0.15, 0.2) is 0 Å². The molecule has 1 saturated carbocycles. The van der Waals surface area contributed by atoms with Crippen LogP contribution in [0.1, 0.15) is 38.6 Å². The van der Waals surface area contributed by atoms with Gasteiger partial charge in [-0.25, -0.2) is 0 Å². The third-order valence-electron chi connectivity index (χ3n) is 2.93. The number of hydrogen-bond acceptors (Lipinski definition) is 5. The molecule has 1 heterocycles. The molecule has 1 amide bonds. The highest BCUT2D eigenvalue weighted by atomic mass is 32.1. The van der Waals surface area contributed by atoms with E-state index in [4.69, 9.17) is 4.74 Å². The number of nitrogens with one attached hydrogen (secondary N) is 1. The summed E-state index contributed by atoms with van der Waals surface area (Å²) < 4.78 is 5.52. The largest absolute Gasteiger partial charge is 0.368 e. The molecule has 1 aliphatic rings. The lowest BCUT2D eigenvalue weighted by Gasteiger charge is -2.11. The molecule has 0 spiro atoms. The lowest BCUT2D eigenvalue weighted by atomic mass is 10.1. The van der Waals surface area contributed by atoms with Crippen molar-refractivity contribution in [3.8, 4) is 0 Å². The molecule has 1 atom stereocenters. The lowest BCUT2D eigenvalue weighted by molar-refractivity contribution is -0.126. The van der Waals surface area contributed by atoms with Crippen molar-refractivity contribution in [1.82, 2.24) is 10.2 Å². The van der Waals surface area contributed by atoms with Crippen LogP contribution >= 0.6 is 11.3 Å². The molecule has 0 radical (unpaired) electrons. The van der Waals surface area contributed by atoms with Gasteiger partial charge < -0.3 is 4.74 Å². The van der Waals surface area contributed by atoms with Crippen molar-refractivity contribution in [3.63, 3.8) is 0 Å². The van der Waals surface area contributed by atoms with E-state index in [1.807, 2.05) is 0 Å². The number of ether oxygens (including phenoxy) is 1. The van der Waals surface area contributed by atoms with E-state index in [9.17, 15) is 4.79 Å². The molecule has 2 rings (SSSR count). The second kappa shape index (κ2) is 6.43. The molecule has 1 N–H and O–H groups in total. The van der Waals surface area contributed by atoms with Gasteiger partial charge in [-0.15, -0.1) is 10.2 Å². The molecule has 1 aromatic heterocycles. The number of amides is 1. The number of carbonyl (C=O) groups is 1. The van der Waals surface area contributed by atoms with Crippen molar-refractivity contribution in [3.05, 3.63) is 5.01 Å². The van der Waals surface area contributed by atoms with Gasteiger partial charge in [0.2, 0.25) is 5.13 Å². The summed E-state index contributed by atoms with van der Waals surface area (Å²) in [6.45, 7) is 6.72. The van der Waals surface area contributed by atoms with Crippen LogP contribution < -0.4 is 5.32 Å². The van der Waals surface area contributed by atoms with E-state index in [0.29, 0.717) is 23.6 Å². The highest BCUT2D eigenvalue weighted by Gasteiger charge is 2.24. The van der Waals surface area contributed by atoms with Gasteiger partial charge in [0.05, 0.1) is 6.61 Å². The Morgan fingerprint density at radius 2 is 2.16 bits per heavy atom. The van der Waals surface area contributed by atoms with E-state index in [1.165, 1.54) is 24.2 Å². The third-order valence-corrected chi connectivity index (χ3v) is 3.79. The fourth-order valence-corrected chi connectivity index (χ4v) is 2.54. The van der Waals surface area contributed by atoms with Crippen molar-refractivity contribution >= 4 is 22.4 Å². The summed E-state index contributed by atoms with van der Waals surface area (Å²) in [5, 5.41) is 12.3. The van der Waals surface area contributed by atoms with E-state index in [-0.39, 0.29) is 5.91 Å². The molecule has 1 fully saturated rings. The van der Waals surface area contributed by atoms with E-state index < -0.39 is 6.10 Å². The van der Waals surface area contributed by atoms with Crippen LogP contribution in [0.3, 0.4) is 0 Å². The van der Waals surface area contributed by atoms with Gasteiger partial charge in [-0.3, -0.25) is 10.1 Å². The average Bonchev–Trinajstić information content (AvgIpc) is 3.07. The van der Waals surface area contributed by atoms with Crippen LogP contribution in [0.2, 0.25) is 0 Å². The summed E-state index contributed by atoms with van der Waals surface area (Å²) >= 11 is 1.43. The van der Waals surface area contributed by atoms with Crippen LogP contribution in [0, 0.1) is 11.8 Å². The maximum Gasteiger partial charge on any atom is 0.255 e. The predicted molar refractivity (Wildman–Crippen MR) is 75.2 cm³/mol. The Kier molecular flexibility index (Phi) is 4.87. The monoisotopic (exact) mass is 283 g/mol. The maximum absolute atomic E-state index is 11.9. The van der Waals surface area contributed by atoms with Crippen molar-refractivity contribution in [1.29, 1.82) is 0 Å². The predicted octanol–water partition coefficient (Wildman–Crippen LogP) is 2.49. The van der Waals surface area contributed by atoms with Gasteiger partial charge in [-0.2, -0.15) is 0 Å². The van der Waals surface area contributed by atoms with Crippen LogP contribution in [-0.2, 0) is 16.0 Å². The first kappa shape index (κ1) is 14.4. The van der Waals surface area contributed by atoms with Crippen LogP contribution in [0.4, 0.5) is 5.13 Å². The number of carbonyl (C=O) groups excluding carboxylic acids is 1. The number of anilines is 1. The van der Waals surface area contributed by atoms with Gasteiger partial charge in [0.15, 0.2) is 0 Å². The highest BCUT2D eigenvalue weighted by molar-refractivity contribution is 7.15. The summed E-state index contributed by atoms with van der Waals surface area (Å²) in [5.41, 5.74) is 0. The van der Waals surface area contributed by atoms with Gasteiger partial charge in [0, 0.05) is 6.42 Å². The van der Waals surface area contributed by atoms with E-state index in [2.05, 4.69) is 29.4 Å². The zero-order chi connectivity index (χ0) is 13.8. The minimum Gasteiger partial charge on any atom is -0.368 e. The van der Waals surface area contributed by atoms with Crippen molar-refractivity contribution in [2.24, 2.45) is 11.8 Å². The minimum atomic E-state index is -0.432. The van der Waals surface area contributed by atoms with E-state index in [0.717, 1.165) is 11.4 Å². The first-order valence-corrected chi connectivity index (χ1v) is 7.61. The SMILES string of the molecule is CC(C)Cc1nnc(NC(=O)[C@@H](C)OCC2CC2)s1. The Labute approximate surface area is 117 Å². The first-order valence-electron chi connectivity index (χ1n) is 6.79. The minimum absolute atomic E-state index is 0.145. The molecule has 0 unspecified atom stereocenters. The second-order valence-corrected chi connectivity index (χ2v) is 6.57. The van der Waals surface area contributed by atoms with E-state index in [1.54, 1.807) is 6.92 Å². The van der Waals surface area contributed by atoms with Crippen LogP contribution in [-0.4, -0.2) is 28.8 Å². The van der Waals surface area contributed by atoms with Crippen molar-refractivity contribution < 1.29 is 9.53 Å². The zero-order valence-electron chi connectivity index (χ0n) is 11.7. The van der Waals surface area contributed by atoms with Gasteiger partial charge in [-0.05, 0) is 31.6 Å². The molecule has 0 saturated heterocycles. The molecule has 0 aliphatic heterocycles. The van der Waals surface area contributed by atoms with E-state index >= 15 is 0 Å². The molecule has 0 aromatic carbocycles. The van der Waals surface area contributed by atoms with Gasteiger partial charge in [0.25, 0.3) is 5.91 Å². The average molecular weight is 283 g/mol. The Morgan fingerprint density at radius 3 is 2.79 bits per heavy atom. The molecule has 1 aromatic rings. The quantitative estimate of drug-likeness (QED) is 0.835. The maximum atomic E-state index is 11.9. The molecular weight excluding hydrogens is 262 g/mol. The molecule has 5 nitrogen and oxygen atoms in total. The zero-order valence-corrected chi connectivity index (χ0v) is 12.5. The summed E-state index contributed by atoms with van der Waals surface area (Å²) in [4.78, 5) is 11.9. The van der Waals surface area contributed by atoms with Gasteiger partial charge in [-0.1, -0.05) is 25.2 Å². The number of rotatable bonds is 7. The fraction of sp³-hybridized carbons (Fsp3) is 0.769. The highest BCUT2D eigenvalue weighted by Crippen LogP contribution is 2.29. The van der Waals surface area contributed by atoms with Crippen LogP contribution in [0.25, 0.3) is 0 Å². The first-order chi connectivity index (χ1) is 9.04. The van der Waals surface area contributed by atoms with Crippen molar-refractivity contribution in [2.45, 2.75) is 46.1 Å². The number of hydrogen-bond donors (Lipinski definition) is 1. The Morgan fingerprint density at radius 1 is 1.42 bits per heavy atom. The molecule has 1 aliphatic carbocycles. The summed E-state index contributed by atoms with van der Waals surface area (Å²) in [5.74, 6) is 1.06. The smallest absolute Gasteiger partial charge is 0.255 e. The summed E-state index contributed by atoms with van der Waals surface area (Å²) in [7, 11) is 0. The lowest BCUT2D eigenvalue weighted by Crippen LogP contribution is -2.28. The van der Waals surface area contributed by atoms with Crippen molar-refractivity contribution in [2.75, 3.05) is 11.9 Å². The Bertz CT molecular complexity index is 429. The fourth-order valence-electron chi connectivity index (χ4n) is 1.58. The standard InChI is InChI=1S/C13H21N3O2S/c1-8(2)6-11-15-16-13(19-11)14-12(17)9(3)18-7-10-4-5-10/h8-10H,4-7H2,1-3H3,(H,14,16,17)/t9-/m1/s1. The Balaban J connectivity index is 1.78. The summed E-state index contributed by atoms with van der Waals surface area (Å²) in [6.07, 6.45) is 2.91. The van der Waals surface area contributed by atoms with Crippen LogP contribution in [0.5, 0.6) is 0 Å². The molecule has 6 heteroatoms. The number of aromatic nitrogens is 2. The normalized spacial score (nSPS) is 16.6.